The highest BCUT2D eigenvalue weighted by Crippen LogP contribution is 2.36. The maximum absolute atomic E-state index is 12.6. The zero-order valence-electron chi connectivity index (χ0n) is 12.1. The van der Waals surface area contributed by atoms with E-state index < -0.39 is 11.1 Å². The minimum absolute atomic E-state index is 0.443. The van der Waals surface area contributed by atoms with E-state index in [1.54, 1.807) is 11.3 Å². The van der Waals surface area contributed by atoms with Crippen LogP contribution in [0.5, 0.6) is 0 Å². The summed E-state index contributed by atoms with van der Waals surface area (Å²) in [5, 5.41) is 1.43. The summed E-state index contributed by atoms with van der Waals surface area (Å²) in [6.45, 7) is 6.83. The van der Waals surface area contributed by atoms with Gasteiger partial charge in [-0.1, -0.05) is 11.3 Å². The number of aromatic nitrogens is 2. The first-order valence-corrected chi connectivity index (χ1v) is 8.45. The van der Waals surface area contributed by atoms with Crippen molar-refractivity contribution >= 4 is 32.9 Å². The first kappa shape index (κ1) is 15.5. The van der Waals surface area contributed by atoms with Crippen LogP contribution in [-0.2, 0) is 6.18 Å². The first-order chi connectivity index (χ1) is 10.3. The van der Waals surface area contributed by atoms with Crippen molar-refractivity contribution < 1.29 is 13.2 Å². The smallest absolute Gasteiger partial charge is 0.345 e. The summed E-state index contributed by atoms with van der Waals surface area (Å²) in [5.74, 6) is 0. The maximum atomic E-state index is 12.6. The fraction of sp³-hybridized carbons (Fsp3) is 0.538. The molecule has 2 aromatic heterocycles. The van der Waals surface area contributed by atoms with Crippen LogP contribution in [0.3, 0.4) is 0 Å². The van der Waals surface area contributed by atoms with Crippen LogP contribution in [0, 0.1) is 13.8 Å². The topological polar surface area (TPSA) is 32.3 Å². The van der Waals surface area contributed by atoms with Crippen LogP contribution in [0.1, 0.15) is 15.4 Å². The molecule has 1 saturated heterocycles. The van der Waals surface area contributed by atoms with Gasteiger partial charge in [-0.05, 0) is 13.8 Å². The predicted octanol–water partition coefficient (Wildman–Crippen LogP) is 3.56. The van der Waals surface area contributed by atoms with Crippen molar-refractivity contribution in [2.24, 2.45) is 0 Å². The number of hydrogen-bond acceptors (Lipinski definition) is 6. The van der Waals surface area contributed by atoms with Crippen LogP contribution < -0.4 is 9.80 Å². The molecule has 3 rings (SSSR count). The maximum Gasteiger partial charge on any atom is 0.427 e. The molecule has 0 atom stereocenters. The lowest BCUT2D eigenvalue weighted by atomic mass is 10.3. The van der Waals surface area contributed by atoms with E-state index in [0.29, 0.717) is 29.6 Å². The average Bonchev–Trinajstić information content (AvgIpc) is 3.07. The molecule has 120 valence electrons. The van der Waals surface area contributed by atoms with Gasteiger partial charge in [0.25, 0.3) is 0 Å². The Morgan fingerprint density at radius 2 is 1.59 bits per heavy atom. The molecule has 1 aliphatic heterocycles. The molecule has 0 radical (unpaired) electrons. The lowest BCUT2D eigenvalue weighted by Crippen LogP contribution is -2.46. The number of halogens is 3. The van der Waals surface area contributed by atoms with Crippen molar-refractivity contribution in [2.45, 2.75) is 20.0 Å². The highest BCUT2D eigenvalue weighted by molar-refractivity contribution is 7.16. The fourth-order valence-electron chi connectivity index (χ4n) is 2.22. The van der Waals surface area contributed by atoms with Crippen LogP contribution in [0.4, 0.5) is 23.4 Å². The Kier molecular flexibility index (Phi) is 4.02. The molecule has 0 unspecified atom stereocenters. The zero-order chi connectivity index (χ0) is 15.9. The monoisotopic (exact) mass is 348 g/mol. The lowest BCUT2D eigenvalue weighted by Gasteiger charge is -2.34. The zero-order valence-corrected chi connectivity index (χ0v) is 13.8. The summed E-state index contributed by atoms with van der Waals surface area (Å²) >= 11 is 2.37. The van der Waals surface area contributed by atoms with Crippen LogP contribution in [0.15, 0.2) is 6.20 Å². The summed E-state index contributed by atoms with van der Waals surface area (Å²) in [4.78, 5) is 13.1. The van der Waals surface area contributed by atoms with Gasteiger partial charge in [0.05, 0.1) is 11.9 Å². The number of alkyl halides is 3. The first-order valence-electron chi connectivity index (χ1n) is 6.81. The standard InChI is InChI=1S/C13H15F3N4S2/c1-8-9(2)21-12(18-8)20-5-3-19(4-6-20)11-17-7-10(22-11)13(14,15)16/h7H,3-6H2,1-2H3. The molecule has 0 spiro atoms. The van der Waals surface area contributed by atoms with Gasteiger partial charge in [-0.3, -0.25) is 0 Å². The van der Waals surface area contributed by atoms with Crippen LogP contribution >= 0.6 is 22.7 Å². The molecule has 1 fully saturated rings. The Labute approximate surface area is 134 Å². The third-order valence-electron chi connectivity index (χ3n) is 3.61. The highest BCUT2D eigenvalue weighted by Gasteiger charge is 2.34. The van der Waals surface area contributed by atoms with E-state index in [9.17, 15) is 13.2 Å². The molecular formula is C13H15F3N4S2. The highest BCUT2D eigenvalue weighted by atomic mass is 32.1. The van der Waals surface area contributed by atoms with Crippen molar-refractivity contribution in [2.75, 3.05) is 36.0 Å². The summed E-state index contributed by atoms with van der Waals surface area (Å²) in [5.41, 5.74) is 1.04. The largest absolute Gasteiger partial charge is 0.427 e. The number of piperazine rings is 1. The van der Waals surface area contributed by atoms with E-state index in [1.165, 1.54) is 4.88 Å². The Hall–Kier alpha value is -1.35. The SMILES string of the molecule is Cc1nc(N2CCN(c3ncc(C(F)(F)F)s3)CC2)sc1C. The second-order valence-electron chi connectivity index (χ2n) is 5.12. The van der Waals surface area contributed by atoms with E-state index >= 15 is 0 Å². The van der Waals surface area contributed by atoms with Crippen LogP contribution in [0.2, 0.25) is 0 Å². The van der Waals surface area contributed by atoms with Crippen molar-refractivity contribution in [3.63, 3.8) is 0 Å². The predicted molar refractivity (Wildman–Crippen MR) is 83.1 cm³/mol. The molecule has 3 heterocycles. The third kappa shape index (κ3) is 3.05. The molecule has 0 amide bonds. The molecular weight excluding hydrogens is 333 g/mol. The number of anilines is 2. The summed E-state index contributed by atoms with van der Waals surface area (Å²) < 4.78 is 37.9. The molecule has 4 nitrogen and oxygen atoms in total. The minimum atomic E-state index is -4.31. The third-order valence-corrected chi connectivity index (χ3v) is 5.85. The van der Waals surface area contributed by atoms with E-state index in [0.717, 1.165) is 30.1 Å². The van der Waals surface area contributed by atoms with Gasteiger partial charge in [0, 0.05) is 31.1 Å². The molecule has 22 heavy (non-hydrogen) atoms. The second-order valence-corrected chi connectivity index (χ2v) is 7.31. The van der Waals surface area contributed by atoms with Crippen molar-refractivity contribution in [1.29, 1.82) is 0 Å². The van der Waals surface area contributed by atoms with E-state index in [1.807, 2.05) is 18.7 Å². The van der Waals surface area contributed by atoms with Gasteiger partial charge in [0.2, 0.25) is 0 Å². The molecule has 2 aromatic rings. The van der Waals surface area contributed by atoms with Crippen molar-refractivity contribution in [1.82, 2.24) is 9.97 Å². The molecule has 9 heteroatoms. The van der Waals surface area contributed by atoms with E-state index in [-0.39, 0.29) is 0 Å². The number of hydrogen-bond donors (Lipinski definition) is 0. The molecule has 0 aromatic carbocycles. The van der Waals surface area contributed by atoms with Crippen molar-refractivity contribution in [3.8, 4) is 0 Å². The van der Waals surface area contributed by atoms with Gasteiger partial charge in [0.1, 0.15) is 4.88 Å². The number of thiazole rings is 2. The lowest BCUT2D eigenvalue weighted by molar-refractivity contribution is -0.134. The van der Waals surface area contributed by atoms with Gasteiger partial charge in [-0.2, -0.15) is 13.2 Å². The van der Waals surface area contributed by atoms with Gasteiger partial charge in [-0.25, -0.2) is 9.97 Å². The molecule has 0 aliphatic carbocycles. The van der Waals surface area contributed by atoms with E-state index in [4.69, 9.17) is 0 Å². The van der Waals surface area contributed by atoms with Gasteiger partial charge in [-0.15, -0.1) is 11.3 Å². The summed E-state index contributed by atoms with van der Waals surface area (Å²) in [6.07, 6.45) is -3.40. The quantitative estimate of drug-likeness (QED) is 0.831. The average molecular weight is 348 g/mol. The molecule has 0 bridgehead atoms. The van der Waals surface area contributed by atoms with Crippen LogP contribution in [0.25, 0.3) is 0 Å². The Bertz CT molecular complexity index is 637. The van der Waals surface area contributed by atoms with Crippen molar-refractivity contribution in [3.05, 3.63) is 21.6 Å². The molecule has 0 N–H and O–H groups in total. The van der Waals surface area contributed by atoms with E-state index in [2.05, 4.69) is 14.9 Å². The van der Waals surface area contributed by atoms with Gasteiger partial charge >= 0.3 is 6.18 Å². The summed E-state index contributed by atoms with van der Waals surface area (Å²) in [7, 11) is 0. The Morgan fingerprint density at radius 1 is 1.00 bits per heavy atom. The van der Waals surface area contributed by atoms with Gasteiger partial charge < -0.3 is 9.80 Å². The summed E-state index contributed by atoms with van der Waals surface area (Å²) in [6, 6.07) is 0. The normalized spacial score (nSPS) is 16.4. The fourth-order valence-corrected chi connectivity index (χ4v) is 4.02. The molecule has 0 saturated carbocycles. The van der Waals surface area contributed by atoms with Crippen LogP contribution in [-0.4, -0.2) is 36.1 Å². The number of nitrogens with zero attached hydrogens (tertiary/aromatic N) is 4. The molecule has 1 aliphatic rings. The van der Waals surface area contributed by atoms with Gasteiger partial charge in [0.15, 0.2) is 10.3 Å². The Balaban J connectivity index is 1.65. The number of rotatable bonds is 2. The minimum Gasteiger partial charge on any atom is -0.345 e. The second kappa shape index (κ2) is 5.69. The number of aryl methyl sites for hydroxylation is 2. The Morgan fingerprint density at radius 3 is 2.05 bits per heavy atom.